The van der Waals surface area contributed by atoms with Gasteiger partial charge in [-0.3, -0.25) is 4.79 Å². The second-order valence-corrected chi connectivity index (χ2v) is 5.02. The first kappa shape index (κ1) is 16.4. The van der Waals surface area contributed by atoms with Crippen LogP contribution in [0.5, 0.6) is 0 Å². The standard InChI is InChI=1S/C14H29NO2/c1-4-5-6-7-10-13(3)17-14(16)11-8-9-12(2)15/h12-13H,4-11,15H2,1-3H3. The van der Waals surface area contributed by atoms with Crippen LogP contribution in [0.4, 0.5) is 0 Å². The van der Waals surface area contributed by atoms with E-state index in [2.05, 4.69) is 6.92 Å². The molecule has 0 radical (unpaired) electrons. The molecule has 17 heavy (non-hydrogen) atoms. The number of unbranched alkanes of at least 4 members (excludes halogenated alkanes) is 3. The predicted molar refractivity (Wildman–Crippen MR) is 71.8 cm³/mol. The van der Waals surface area contributed by atoms with Crippen LogP contribution in [0.15, 0.2) is 0 Å². The van der Waals surface area contributed by atoms with Gasteiger partial charge in [-0.2, -0.15) is 0 Å². The Kier molecular flexibility index (Phi) is 10.2. The van der Waals surface area contributed by atoms with Gasteiger partial charge in [-0.1, -0.05) is 26.2 Å². The highest BCUT2D eigenvalue weighted by Gasteiger charge is 2.09. The third kappa shape index (κ3) is 11.7. The molecule has 2 N–H and O–H groups in total. The van der Waals surface area contributed by atoms with Crippen molar-refractivity contribution in [1.82, 2.24) is 0 Å². The second kappa shape index (κ2) is 10.6. The number of ether oxygens (including phenoxy) is 1. The smallest absolute Gasteiger partial charge is 0.306 e. The summed E-state index contributed by atoms with van der Waals surface area (Å²) >= 11 is 0. The molecule has 0 saturated heterocycles. The van der Waals surface area contributed by atoms with E-state index in [1.165, 1.54) is 19.3 Å². The van der Waals surface area contributed by atoms with Crippen LogP contribution in [0.25, 0.3) is 0 Å². The maximum Gasteiger partial charge on any atom is 0.306 e. The normalized spacial score (nSPS) is 14.4. The maximum absolute atomic E-state index is 11.5. The summed E-state index contributed by atoms with van der Waals surface area (Å²) in [4.78, 5) is 11.5. The maximum atomic E-state index is 11.5. The lowest BCUT2D eigenvalue weighted by Crippen LogP contribution is -2.17. The fraction of sp³-hybridized carbons (Fsp3) is 0.929. The Morgan fingerprint density at radius 3 is 2.41 bits per heavy atom. The molecule has 0 heterocycles. The zero-order valence-electron chi connectivity index (χ0n) is 11.7. The number of hydrogen-bond acceptors (Lipinski definition) is 3. The lowest BCUT2D eigenvalue weighted by Gasteiger charge is -2.13. The molecule has 0 aliphatic carbocycles. The van der Waals surface area contributed by atoms with Crippen LogP contribution in [0.1, 0.15) is 72.1 Å². The molecular weight excluding hydrogens is 214 g/mol. The van der Waals surface area contributed by atoms with Crippen LogP contribution in [0.2, 0.25) is 0 Å². The van der Waals surface area contributed by atoms with Gasteiger partial charge in [0, 0.05) is 12.5 Å². The highest BCUT2D eigenvalue weighted by atomic mass is 16.5. The Morgan fingerprint density at radius 2 is 1.82 bits per heavy atom. The molecule has 3 nitrogen and oxygen atoms in total. The van der Waals surface area contributed by atoms with Gasteiger partial charge in [-0.25, -0.2) is 0 Å². The Balaban J connectivity index is 3.45. The van der Waals surface area contributed by atoms with Crippen molar-refractivity contribution >= 4 is 5.97 Å². The lowest BCUT2D eigenvalue weighted by atomic mass is 10.1. The summed E-state index contributed by atoms with van der Waals surface area (Å²) in [5.41, 5.74) is 5.62. The third-order valence-electron chi connectivity index (χ3n) is 2.84. The first-order chi connectivity index (χ1) is 8.06. The number of carbonyl (C=O) groups is 1. The number of nitrogens with two attached hydrogens (primary N) is 1. The van der Waals surface area contributed by atoms with Gasteiger partial charge in [-0.15, -0.1) is 0 Å². The monoisotopic (exact) mass is 243 g/mol. The van der Waals surface area contributed by atoms with Crippen molar-refractivity contribution in [3.63, 3.8) is 0 Å². The summed E-state index contributed by atoms with van der Waals surface area (Å²) in [6, 6.07) is 0.175. The van der Waals surface area contributed by atoms with Crippen molar-refractivity contribution < 1.29 is 9.53 Å². The highest BCUT2D eigenvalue weighted by Crippen LogP contribution is 2.09. The zero-order chi connectivity index (χ0) is 13.1. The van der Waals surface area contributed by atoms with Gasteiger partial charge in [0.25, 0.3) is 0 Å². The van der Waals surface area contributed by atoms with Crippen LogP contribution < -0.4 is 5.73 Å². The van der Waals surface area contributed by atoms with Gasteiger partial charge < -0.3 is 10.5 Å². The minimum atomic E-state index is -0.0753. The number of rotatable bonds is 10. The Bertz CT molecular complexity index is 193. The molecule has 0 bridgehead atoms. The van der Waals surface area contributed by atoms with E-state index in [-0.39, 0.29) is 18.1 Å². The van der Waals surface area contributed by atoms with Gasteiger partial charge in [0.05, 0.1) is 6.10 Å². The van der Waals surface area contributed by atoms with Crippen molar-refractivity contribution in [3.8, 4) is 0 Å². The van der Waals surface area contributed by atoms with E-state index in [1.54, 1.807) is 0 Å². The largest absolute Gasteiger partial charge is 0.463 e. The molecule has 102 valence electrons. The summed E-state index contributed by atoms with van der Waals surface area (Å²) in [7, 11) is 0. The fourth-order valence-electron chi connectivity index (χ4n) is 1.77. The van der Waals surface area contributed by atoms with Crippen molar-refractivity contribution in [2.45, 2.75) is 84.3 Å². The van der Waals surface area contributed by atoms with Crippen molar-refractivity contribution in [2.24, 2.45) is 5.73 Å². The minimum absolute atomic E-state index is 0.0645. The summed E-state index contributed by atoms with van der Waals surface area (Å²) in [6.07, 6.45) is 8.18. The minimum Gasteiger partial charge on any atom is -0.463 e. The molecule has 0 saturated carbocycles. The summed E-state index contributed by atoms with van der Waals surface area (Å²) in [6.45, 7) is 6.14. The molecular formula is C14H29NO2. The molecule has 0 rings (SSSR count). The molecule has 2 atom stereocenters. The fourth-order valence-corrected chi connectivity index (χ4v) is 1.77. The topological polar surface area (TPSA) is 52.3 Å². The molecule has 0 aliphatic rings. The average Bonchev–Trinajstić information content (AvgIpc) is 2.23. The Morgan fingerprint density at radius 1 is 1.12 bits per heavy atom. The van der Waals surface area contributed by atoms with E-state index in [0.29, 0.717) is 6.42 Å². The molecule has 0 aromatic carbocycles. The van der Waals surface area contributed by atoms with Gasteiger partial charge in [0.2, 0.25) is 0 Å². The number of esters is 1. The van der Waals surface area contributed by atoms with Crippen LogP contribution >= 0.6 is 0 Å². The van der Waals surface area contributed by atoms with Crippen molar-refractivity contribution in [2.75, 3.05) is 0 Å². The van der Waals surface area contributed by atoms with Crippen molar-refractivity contribution in [3.05, 3.63) is 0 Å². The summed E-state index contributed by atoms with van der Waals surface area (Å²) in [5, 5.41) is 0. The van der Waals surface area contributed by atoms with Crippen LogP contribution in [0.3, 0.4) is 0 Å². The molecule has 0 aromatic heterocycles. The van der Waals surface area contributed by atoms with Crippen LogP contribution in [-0.4, -0.2) is 18.1 Å². The predicted octanol–water partition coefficient (Wildman–Crippen LogP) is 3.41. The molecule has 0 fully saturated rings. The van der Waals surface area contributed by atoms with Gasteiger partial charge >= 0.3 is 5.97 Å². The van der Waals surface area contributed by atoms with Crippen LogP contribution in [0, 0.1) is 0 Å². The zero-order valence-corrected chi connectivity index (χ0v) is 11.7. The van der Waals surface area contributed by atoms with E-state index in [0.717, 1.165) is 25.7 Å². The van der Waals surface area contributed by atoms with E-state index in [9.17, 15) is 4.79 Å². The highest BCUT2D eigenvalue weighted by molar-refractivity contribution is 5.69. The van der Waals surface area contributed by atoms with Crippen LogP contribution in [-0.2, 0) is 9.53 Å². The van der Waals surface area contributed by atoms with Gasteiger partial charge in [0.1, 0.15) is 0 Å². The molecule has 2 unspecified atom stereocenters. The summed E-state index contributed by atoms with van der Waals surface area (Å²) < 4.78 is 5.33. The molecule has 0 aliphatic heterocycles. The second-order valence-electron chi connectivity index (χ2n) is 5.02. The van der Waals surface area contributed by atoms with E-state index < -0.39 is 0 Å². The lowest BCUT2D eigenvalue weighted by molar-refractivity contribution is -0.148. The molecule has 0 spiro atoms. The first-order valence-electron chi connectivity index (χ1n) is 7.01. The van der Waals surface area contributed by atoms with Gasteiger partial charge in [-0.05, 0) is 39.5 Å². The molecule has 3 heteroatoms. The number of hydrogen-bond donors (Lipinski definition) is 1. The Hall–Kier alpha value is -0.570. The third-order valence-corrected chi connectivity index (χ3v) is 2.84. The van der Waals surface area contributed by atoms with E-state index in [1.807, 2.05) is 13.8 Å². The number of carbonyl (C=O) groups excluding carboxylic acids is 1. The Labute approximate surface area is 106 Å². The first-order valence-corrected chi connectivity index (χ1v) is 7.01. The average molecular weight is 243 g/mol. The quantitative estimate of drug-likeness (QED) is 0.472. The van der Waals surface area contributed by atoms with Gasteiger partial charge in [0.15, 0.2) is 0 Å². The van der Waals surface area contributed by atoms with E-state index in [4.69, 9.17) is 10.5 Å². The molecule has 0 aromatic rings. The van der Waals surface area contributed by atoms with E-state index >= 15 is 0 Å². The van der Waals surface area contributed by atoms with Crippen molar-refractivity contribution in [1.29, 1.82) is 0 Å². The molecule has 0 amide bonds. The SMILES string of the molecule is CCCCCCC(C)OC(=O)CCCC(C)N. The summed E-state index contributed by atoms with van der Waals surface area (Å²) in [5.74, 6) is -0.0753.